The molecule has 4 N–H and O–H groups in total. The van der Waals surface area contributed by atoms with Gasteiger partial charge in [0.05, 0.1) is 4.90 Å². The average molecular weight is 380 g/mol. The summed E-state index contributed by atoms with van der Waals surface area (Å²) in [5.41, 5.74) is 6.44. The maximum Gasteiger partial charge on any atom is 0.263 e. The number of nitrogens with two attached hydrogens (primary N) is 1. The van der Waals surface area contributed by atoms with Crippen molar-refractivity contribution in [1.82, 2.24) is 4.98 Å². The molecule has 2 atom stereocenters. The van der Waals surface area contributed by atoms with Gasteiger partial charge < -0.3 is 11.1 Å². The third kappa shape index (κ3) is 4.56. The first kappa shape index (κ1) is 17.8. The summed E-state index contributed by atoms with van der Waals surface area (Å²) in [5.74, 6) is 0.0447. The first-order valence-electron chi connectivity index (χ1n) is 8.02. The van der Waals surface area contributed by atoms with E-state index in [-0.39, 0.29) is 22.8 Å². The minimum absolute atomic E-state index is 0.0677. The number of rotatable bonds is 6. The third-order valence-electron chi connectivity index (χ3n) is 4.25. The lowest BCUT2D eigenvalue weighted by Crippen LogP contribution is -2.28. The molecule has 0 saturated heterocycles. The van der Waals surface area contributed by atoms with Crippen LogP contribution in [0.1, 0.15) is 25.7 Å². The molecule has 1 aliphatic rings. The molecule has 1 saturated carbocycles. The van der Waals surface area contributed by atoms with E-state index in [0.29, 0.717) is 17.2 Å². The highest BCUT2D eigenvalue weighted by atomic mass is 32.2. The van der Waals surface area contributed by atoms with Crippen molar-refractivity contribution in [2.75, 3.05) is 10.0 Å². The molecular weight excluding hydrogens is 360 g/mol. The maximum absolute atomic E-state index is 12.4. The van der Waals surface area contributed by atoms with Crippen LogP contribution in [-0.4, -0.2) is 25.4 Å². The van der Waals surface area contributed by atoms with Gasteiger partial charge >= 0.3 is 0 Å². The lowest BCUT2D eigenvalue weighted by Gasteiger charge is -2.15. The van der Waals surface area contributed by atoms with E-state index in [1.807, 2.05) is 0 Å². The number of nitrogens with zero attached hydrogens (tertiary/aromatic N) is 1. The van der Waals surface area contributed by atoms with Gasteiger partial charge in [-0.25, -0.2) is 13.4 Å². The zero-order valence-electron chi connectivity index (χ0n) is 13.5. The fourth-order valence-electron chi connectivity index (χ4n) is 2.96. The van der Waals surface area contributed by atoms with E-state index in [1.165, 1.54) is 29.7 Å². The molecule has 1 heterocycles. The summed E-state index contributed by atoms with van der Waals surface area (Å²) in [7, 11) is -3.75. The normalized spacial score (nSPS) is 20.4. The number of sulfonamides is 1. The Kier molecular flexibility index (Phi) is 5.36. The number of hydrogen-bond donors (Lipinski definition) is 3. The predicted octanol–water partition coefficient (Wildman–Crippen LogP) is 2.40. The molecule has 0 aliphatic heterocycles. The maximum atomic E-state index is 12.4. The van der Waals surface area contributed by atoms with E-state index in [2.05, 4.69) is 15.0 Å². The van der Waals surface area contributed by atoms with Gasteiger partial charge in [-0.15, -0.1) is 11.3 Å². The van der Waals surface area contributed by atoms with Crippen molar-refractivity contribution in [3.05, 3.63) is 35.8 Å². The Morgan fingerprint density at radius 1 is 1.36 bits per heavy atom. The standard InChI is InChI=1S/C16H20N4O3S2/c17-14-6-1-3-11(14)9-15(21)19-12-4-2-5-13(10-12)25(22,23)20-16-18-7-8-24-16/h2,4-5,7-8,10-11,14H,1,3,6,9,17H2,(H,18,20)(H,19,21)/t11-,14+/m0/s1. The molecule has 1 fully saturated rings. The van der Waals surface area contributed by atoms with Gasteiger partial charge in [-0.3, -0.25) is 9.52 Å². The number of nitrogens with one attached hydrogen (secondary N) is 2. The second kappa shape index (κ2) is 7.51. The van der Waals surface area contributed by atoms with E-state index in [0.717, 1.165) is 19.3 Å². The minimum Gasteiger partial charge on any atom is -0.327 e. The van der Waals surface area contributed by atoms with Crippen molar-refractivity contribution in [3.63, 3.8) is 0 Å². The van der Waals surface area contributed by atoms with Crippen LogP contribution in [0.2, 0.25) is 0 Å². The lowest BCUT2D eigenvalue weighted by molar-refractivity contribution is -0.117. The number of benzene rings is 1. The van der Waals surface area contributed by atoms with Gasteiger partial charge in [0.2, 0.25) is 5.91 Å². The molecule has 0 spiro atoms. The molecule has 1 aromatic heterocycles. The SMILES string of the molecule is N[C@@H]1CCC[C@H]1CC(=O)Nc1cccc(S(=O)(=O)Nc2nccs2)c1. The molecule has 1 amide bonds. The molecule has 7 nitrogen and oxygen atoms in total. The fourth-order valence-corrected chi connectivity index (χ4v) is 4.79. The van der Waals surface area contributed by atoms with Crippen molar-refractivity contribution in [1.29, 1.82) is 0 Å². The van der Waals surface area contributed by atoms with Crippen LogP contribution in [0.15, 0.2) is 40.7 Å². The van der Waals surface area contributed by atoms with Crippen LogP contribution in [0, 0.1) is 5.92 Å². The number of amides is 1. The summed E-state index contributed by atoms with van der Waals surface area (Å²) in [6, 6.07) is 6.23. The number of hydrogen-bond acceptors (Lipinski definition) is 6. The van der Waals surface area contributed by atoms with Crippen molar-refractivity contribution in [2.45, 2.75) is 36.6 Å². The van der Waals surface area contributed by atoms with Crippen molar-refractivity contribution >= 4 is 38.1 Å². The topological polar surface area (TPSA) is 114 Å². The zero-order chi connectivity index (χ0) is 17.9. The van der Waals surface area contributed by atoms with Crippen LogP contribution in [0.25, 0.3) is 0 Å². The molecule has 0 unspecified atom stereocenters. The smallest absolute Gasteiger partial charge is 0.263 e. The summed E-state index contributed by atoms with van der Waals surface area (Å²) >= 11 is 1.19. The van der Waals surface area contributed by atoms with Crippen molar-refractivity contribution < 1.29 is 13.2 Å². The Morgan fingerprint density at radius 2 is 2.20 bits per heavy atom. The first-order valence-corrected chi connectivity index (χ1v) is 10.4. The largest absolute Gasteiger partial charge is 0.327 e. The van der Waals surface area contributed by atoms with E-state index in [4.69, 9.17) is 5.73 Å². The van der Waals surface area contributed by atoms with E-state index in [9.17, 15) is 13.2 Å². The monoisotopic (exact) mass is 380 g/mol. The molecular formula is C16H20N4O3S2. The minimum atomic E-state index is -3.75. The molecule has 25 heavy (non-hydrogen) atoms. The Bertz CT molecular complexity index is 837. The third-order valence-corrected chi connectivity index (χ3v) is 6.40. The summed E-state index contributed by atoms with van der Waals surface area (Å²) in [6.07, 6.45) is 4.84. The number of carbonyl (C=O) groups excluding carboxylic acids is 1. The molecule has 134 valence electrons. The highest BCUT2D eigenvalue weighted by Gasteiger charge is 2.26. The molecule has 2 aromatic rings. The molecule has 3 rings (SSSR count). The van der Waals surface area contributed by atoms with Crippen LogP contribution in [0.5, 0.6) is 0 Å². The summed E-state index contributed by atoms with van der Waals surface area (Å²) in [6.45, 7) is 0. The summed E-state index contributed by atoms with van der Waals surface area (Å²) in [4.78, 5) is 16.2. The number of thiazole rings is 1. The summed E-state index contributed by atoms with van der Waals surface area (Å²) in [5, 5.41) is 4.74. The Labute approximate surface area is 150 Å². The van der Waals surface area contributed by atoms with Gasteiger partial charge in [-0.2, -0.15) is 0 Å². The zero-order valence-corrected chi connectivity index (χ0v) is 15.1. The molecule has 9 heteroatoms. The Balaban J connectivity index is 1.67. The number of anilines is 2. The number of carbonyl (C=O) groups is 1. The molecule has 1 aliphatic carbocycles. The molecule has 0 radical (unpaired) electrons. The van der Waals surface area contributed by atoms with E-state index < -0.39 is 10.0 Å². The highest BCUT2D eigenvalue weighted by molar-refractivity contribution is 7.93. The fraction of sp³-hybridized carbons (Fsp3) is 0.375. The van der Waals surface area contributed by atoms with Crippen LogP contribution >= 0.6 is 11.3 Å². The van der Waals surface area contributed by atoms with Gasteiger partial charge in [0.25, 0.3) is 10.0 Å². The average Bonchev–Trinajstić information content (AvgIpc) is 3.20. The second-order valence-electron chi connectivity index (χ2n) is 6.08. The summed E-state index contributed by atoms with van der Waals surface area (Å²) < 4.78 is 27.2. The first-order chi connectivity index (χ1) is 11.9. The quantitative estimate of drug-likeness (QED) is 0.712. The van der Waals surface area contributed by atoms with Gasteiger partial charge in [0.15, 0.2) is 5.13 Å². The van der Waals surface area contributed by atoms with Gasteiger partial charge in [-0.1, -0.05) is 12.5 Å². The van der Waals surface area contributed by atoms with Gasteiger partial charge in [-0.05, 0) is 37.0 Å². The van der Waals surface area contributed by atoms with E-state index >= 15 is 0 Å². The lowest BCUT2D eigenvalue weighted by atomic mass is 10.00. The number of aromatic nitrogens is 1. The van der Waals surface area contributed by atoms with Crippen LogP contribution in [0.4, 0.5) is 10.8 Å². The van der Waals surface area contributed by atoms with Crippen LogP contribution in [-0.2, 0) is 14.8 Å². The Hall–Kier alpha value is -1.97. The Morgan fingerprint density at radius 3 is 2.88 bits per heavy atom. The van der Waals surface area contributed by atoms with E-state index in [1.54, 1.807) is 17.5 Å². The van der Waals surface area contributed by atoms with Crippen molar-refractivity contribution in [2.24, 2.45) is 11.7 Å². The highest BCUT2D eigenvalue weighted by Crippen LogP contribution is 2.27. The van der Waals surface area contributed by atoms with Crippen molar-refractivity contribution in [3.8, 4) is 0 Å². The van der Waals surface area contributed by atoms with Gasteiger partial charge in [0.1, 0.15) is 0 Å². The van der Waals surface area contributed by atoms with Gasteiger partial charge in [0, 0.05) is 29.7 Å². The van der Waals surface area contributed by atoms with Crippen LogP contribution < -0.4 is 15.8 Å². The second-order valence-corrected chi connectivity index (χ2v) is 8.65. The molecule has 0 bridgehead atoms. The van der Waals surface area contributed by atoms with Crippen LogP contribution in [0.3, 0.4) is 0 Å². The predicted molar refractivity (Wildman–Crippen MR) is 97.9 cm³/mol. The molecule has 1 aromatic carbocycles.